The molecule has 7 nitrogen and oxygen atoms in total. The van der Waals surface area contributed by atoms with E-state index in [0.717, 1.165) is 12.8 Å². The standard InChI is InChI=1S/C12H22N4O3S/c1-9-12(11(8-17)14-13-9)20(18,19)16-6-4-5-10(16)7-15(2)3/h10,17H,4-8H2,1-3H3,(H,13,14). The molecule has 114 valence electrons. The van der Waals surface area contributed by atoms with Gasteiger partial charge in [0.05, 0.1) is 12.3 Å². The van der Waals surface area contributed by atoms with Crippen LogP contribution in [0, 0.1) is 6.92 Å². The Balaban J connectivity index is 2.36. The highest BCUT2D eigenvalue weighted by Crippen LogP contribution is 2.29. The number of aliphatic hydroxyl groups excluding tert-OH is 1. The van der Waals surface area contributed by atoms with E-state index in [-0.39, 0.29) is 23.2 Å². The van der Waals surface area contributed by atoms with Crippen molar-refractivity contribution >= 4 is 10.0 Å². The normalized spacial score (nSPS) is 20.9. The van der Waals surface area contributed by atoms with E-state index < -0.39 is 10.0 Å². The molecule has 1 saturated heterocycles. The molecule has 1 unspecified atom stereocenters. The number of nitrogens with zero attached hydrogens (tertiary/aromatic N) is 3. The molecule has 0 aromatic carbocycles. The van der Waals surface area contributed by atoms with Crippen LogP contribution in [-0.2, 0) is 16.6 Å². The topological polar surface area (TPSA) is 89.5 Å². The molecule has 0 radical (unpaired) electrons. The van der Waals surface area contributed by atoms with Crippen LogP contribution in [0.4, 0.5) is 0 Å². The summed E-state index contributed by atoms with van der Waals surface area (Å²) in [5.74, 6) is 0. The van der Waals surface area contributed by atoms with Crippen LogP contribution in [0.2, 0.25) is 0 Å². The minimum absolute atomic E-state index is 0.0177. The van der Waals surface area contributed by atoms with E-state index in [4.69, 9.17) is 0 Å². The van der Waals surface area contributed by atoms with E-state index >= 15 is 0 Å². The summed E-state index contributed by atoms with van der Waals surface area (Å²) in [6.07, 6.45) is 1.73. The van der Waals surface area contributed by atoms with Gasteiger partial charge < -0.3 is 10.0 Å². The summed E-state index contributed by atoms with van der Waals surface area (Å²) >= 11 is 0. The number of hydrogen-bond acceptors (Lipinski definition) is 5. The third-order valence-electron chi connectivity index (χ3n) is 3.58. The summed E-state index contributed by atoms with van der Waals surface area (Å²) in [6.45, 7) is 2.50. The second kappa shape index (κ2) is 5.80. The maximum atomic E-state index is 12.8. The molecule has 0 spiro atoms. The maximum absolute atomic E-state index is 12.8. The molecule has 1 fully saturated rings. The number of nitrogens with one attached hydrogen (secondary N) is 1. The van der Waals surface area contributed by atoms with Crippen molar-refractivity contribution < 1.29 is 13.5 Å². The minimum Gasteiger partial charge on any atom is -0.390 e. The lowest BCUT2D eigenvalue weighted by atomic mass is 10.2. The number of likely N-dealkylation sites (N-methyl/N-ethyl adjacent to an activating group) is 1. The number of aromatic nitrogens is 2. The first kappa shape index (κ1) is 15.4. The van der Waals surface area contributed by atoms with Crippen molar-refractivity contribution in [1.29, 1.82) is 0 Å². The Morgan fingerprint density at radius 1 is 1.50 bits per heavy atom. The van der Waals surface area contributed by atoms with Crippen LogP contribution in [0.1, 0.15) is 24.2 Å². The number of aliphatic hydroxyl groups is 1. The number of sulfonamides is 1. The van der Waals surface area contributed by atoms with Crippen LogP contribution < -0.4 is 0 Å². The predicted octanol–water partition coefficient (Wildman–Crippen LogP) is -0.0749. The van der Waals surface area contributed by atoms with Crippen molar-refractivity contribution in [3.8, 4) is 0 Å². The predicted molar refractivity (Wildman–Crippen MR) is 74.7 cm³/mol. The quantitative estimate of drug-likeness (QED) is 0.794. The summed E-state index contributed by atoms with van der Waals surface area (Å²) in [5.41, 5.74) is 0.669. The molecule has 2 N–H and O–H groups in total. The molecule has 8 heteroatoms. The molecule has 2 heterocycles. The van der Waals surface area contributed by atoms with Gasteiger partial charge in [0.2, 0.25) is 10.0 Å². The lowest BCUT2D eigenvalue weighted by Crippen LogP contribution is -2.41. The zero-order valence-corrected chi connectivity index (χ0v) is 12.9. The Morgan fingerprint density at radius 3 is 2.80 bits per heavy atom. The first-order valence-electron chi connectivity index (χ1n) is 6.69. The van der Waals surface area contributed by atoms with Gasteiger partial charge >= 0.3 is 0 Å². The van der Waals surface area contributed by atoms with Gasteiger partial charge in [-0.05, 0) is 33.9 Å². The average molecular weight is 302 g/mol. The van der Waals surface area contributed by atoms with Crippen molar-refractivity contribution in [2.75, 3.05) is 27.2 Å². The highest BCUT2D eigenvalue weighted by molar-refractivity contribution is 7.89. The van der Waals surface area contributed by atoms with Crippen LogP contribution in [-0.4, -0.2) is 66.2 Å². The van der Waals surface area contributed by atoms with Crippen molar-refractivity contribution in [3.63, 3.8) is 0 Å². The van der Waals surface area contributed by atoms with Crippen molar-refractivity contribution in [1.82, 2.24) is 19.4 Å². The van der Waals surface area contributed by atoms with Crippen molar-refractivity contribution in [3.05, 3.63) is 11.4 Å². The smallest absolute Gasteiger partial charge is 0.247 e. The van der Waals surface area contributed by atoms with Gasteiger partial charge in [0.15, 0.2) is 0 Å². The Hall–Kier alpha value is -0.960. The minimum atomic E-state index is -3.61. The number of aryl methyl sites for hydroxylation is 1. The fourth-order valence-corrected chi connectivity index (χ4v) is 4.77. The SMILES string of the molecule is Cc1[nH]nc(CO)c1S(=O)(=O)N1CCCC1CN(C)C. The average Bonchev–Trinajstić information content (AvgIpc) is 2.95. The largest absolute Gasteiger partial charge is 0.390 e. The van der Waals surface area contributed by atoms with Gasteiger partial charge in [-0.2, -0.15) is 9.40 Å². The summed E-state index contributed by atoms with van der Waals surface area (Å²) < 4.78 is 27.2. The van der Waals surface area contributed by atoms with Gasteiger partial charge in [0.1, 0.15) is 10.6 Å². The number of hydrogen-bond donors (Lipinski definition) is 2. The first-order valence-corrected chi connectivity index (χ1v) is 8.13. The fourth-order valence-electron chi connectivity index (χ4n) is 2.77. The lowest BCUT2D eigenvalue weighted by molar-refractivity contribution is 0.271. The zero-order chi connectivity index (χ0) is 14.9. The van der Waals surface area contributed by atoms with E-state index in [2.05, 4.69) is 10.2 Å². The fraction of sp³-hybridized carbons (Fsp3) is 0.750. The molecule has 1 aliphatic heterocycles. The van der Waals surface area contributed by atoms with Crippen LogP contribution in [0.3, 0.4) is 0 Å². The van der Waals surface area contributed by atoms with E-state index in [0.29, 0.717) is 18.8 Å². The van der Waals surface area contributed by atoms with Gasteiger partial charge in [-0.3, -0.25) is 5.10 Å². The highest BCUT2D eigenvalue weighted by Gasteiger charge is 2.38. The maximum Gasteiger partial charge on any atom is 0.247 e. The Morgan fingerprint density at radius 2 is 2.20 bits per heavy atom. The monoisotopic (exact) mass is 302 g/mol. The van der Waals surface area contributed by atoms with Gasteiger partial charge in [0.25, 0.3) is 0 Å². The van der Waals surface area contributed by atoms with E-state index in [1.54, 1.807) is 11.2 Å². The lowest BCUT2D eigenvalue weighted by Gasteiger charge is -2.26. The summed E-state index contributed by atoms with van der Waals surface area (Å²) in [7, 11) is 0.261. The van der Waals surface area contributed by atoms with Gasteiger partial charge in [0, 0.05) is 19.1 Å². The first-order chi connectivity index (χ1) is 9.37. The van der Waals surface area contributed by atoms with Crippen LogP contribution >= 0.6 is 0 Å². The molecule has 0 saturated carbocycles. The third kappa shape index (κ3) is 2.73. The molecular weight excluding hydrogens is 280 g/mol. The van der Waals surface area contributed by atoms with Crippen LogP contribution in [0.25, 0.3) is 0 Å². The molecule has 0 bridgehead atoms. The molecule has 1 atom stereocenters. The molecule has 1 aromatic rings. The summed E-state index contributed by atoms with van der Waals surface area (Å²) in [4.78, 5) is 2.12. The Labute approximate surface area is 119 Å². The number of H-pyrrole nitrogens is 1. The van der Waals surface area contributed by atoms with Crippen molar-refractivity contribution in [2.24, 2.45) is 0 Å². The highest BCUT2D eigenvalue weighted by atomic mass is 32.2. The van der Waals surface area contributed by atoms with E-state index in [9.17, 15) is 13.5 Å². The Kier molecular flexibility index (Phi) is 4.48. The molecule has 1 aromatic heterocycles. The molecule has 1 aliphatic rings. The van der Waals surface area contributed by atoms with Crippen molar-refractivity contribution in [2.45, 2.75) is 37.3 Å². The number of aromatic amines is 1. The summed E-state index contributed by atoms with van der Waals surface area (Å²) in [5, 5.41) is 15.8. The van der Waals surface area contributed by atoms with E-state index in [1.807, 2.05) is 19.0 Å². The van der Waals surface area contributed by atoms with Crippen LogP contribution in [0.15, 0.2) is 4.90 Å². The Bertz CT molecular complexity index is 567. The van der Waals surface area contributed by atoms with Crippen LogP contribution in [0.5, 0.6) is 0 Å². The molecule has 20 heavy (non-hydrogen) atoms. The van der Waals surface area contributed by atoms with E-state index in [1.165, 1.54) is 0 Å². The molecule has 0 aliphatic carbocycles. The van der Waals surface area contributed by atoms with Gasteiger partial charge in [-0.15, -0.1) is 0 Å². The molecule has 0 amide bonds. The van der Waals surface area contributed by atoms with Gasteiger partial charge in [-0.1, -0.05) is 0 Å². The van der Waals surface area contributed by atoms with Gasteiger partial charge in [-0.25, -0.2) is 8.42 Å². The second-order valence-electron chi connectivity index (χ2n) is 5.46. The summed E-state index contributed by atoms with van der Waals surface area (Å²) in [6, 6.07) is -0.0177. The number of rotatable bonds is 5. The second-order valence-corrected chi connectivity index (χ2v) is 7.28. The molecule has 2 rings (SSSR count). The zero-order valence-electron chi connectivity index (χ0n) is 12.1. The molecular formula is C12H22N4O3S. The third-order valence-corrected chi connectivity index (χ3v) is 5.73.